The summed E-state index contributed by atoms with van der Waals surface area (Å²) in [7, 11) is 0. The van der Waals surface area contributed by atoms with Gasteiger partial charge in [0.1, 0.15) is 0 Å². The fraction of sp³-hybridized carbons (Fsp3) is 0.615. The number of esters is 1. The molecule has 0 saturated carbocycles. The van der Waals surface area contributed by atoms with Crippen LogP contribution in [0.1, 0.15) is 78.9 Å². The lowest BCUT2D eigenvalue weighted by atomic mass is 9.68. The Morgan fingerprint density at radius 1 is 1.29 bits per heavy atom. The van der Waals surface area contributed by atoms with Crippen molar-refractivity contribution in [1.29, 1.82) is 0 Å². The molecule has 5 heteroatoms. The first-order valence-corrected chi connectivity index (χ1v) is 11.7. The fourth-order valence-corrected chi connectivity index (χ4v) is 4.46. The molecule has 0 N–H and O–H groups in total. The van der Waals surface area contributed by atoms with Crippen LogP contribution in [0.2, 0.25) is 5.02 Å². The zero-order valence-corrected chi connectivity index (χ0v) is 20.9. The standard InChI is InChI=1S/C26H38ClNO3/c1-8-31-24(30)12-14-28-17-21(18(2)3)26(7,16-23(28)29)20-10-9-19(22(27)15-20)11-13-25(4,5)6/h9-10,15,17-18H,8,11-14,16H2,1-7H3/t26-/m1/s1. The molecule has 0 unspecified atom stereocenters. The first-order valence-electron chi connectivity index (χ1n) is 11.3. The Hall–Kier alpha value is -1.81. The van der Waals surface area contributed by atoms with Gasteiger partial charge in [-0.05, 0) is 53.9 Å². The number of rotatable bonds is 8. The van der Waals surface area contributed by atoms with Crippen molar-refractivity contribution < 1.29 is 14.3 Å². The maximum atomic E-state index is 13.0. The number of halogens is 1. The topological polar surface area (TPSA) is 46.6 Å². The van der Waals surface area contributed by atoms with E-state index < -0.39 is 5.41 Å². The number of amides is 1. The van der Waals surface area contributed by atoms with Gasteiger partial charge in [0.05, 0.1) is 13.0 Å². The van der Waals surface area contributed by atoms with Crippen molar-refractivity contribution in [1.82, 2.24) is 4.90 Å². The highest BCUT2D eigenvalue weighted by molar-refractivity contribution is 6.31. The van der Waals surface area contributed by atoms with Crippen LogP contribution in [0.5, 0.6) is 0 Å². The Balaban J connectivity index is 2.30. The molecule has 0 fully saturated rings. The zero-order chi connectivity index (χ0) is 23.4. The van der Waals surface area contributed by atoms with Crippen LogP contribution in [0, 0.1) is 11.3 Å². The van der Waals surface area contributed by atoms with Gasteiger partial charge in [0, 0.05) is 29.6 Å². The smallest absolute Gasteiger partial charge is 0.307 e. The Bertz CT molecular complexity index is 838. The van der Waals surface area contributed by atoms with E-state index in [1.54, 1.807) is 11.8 Å². The molecule has 1 aliphatic heterocycles. The van der Waals surface area contributed by atoms with E-state index in [1.807, 2.05) is 12.3 Å². The minimum absolute atomic E-state index is 0.0177. The molecule has 0 aromatic heterocycles. The first-order chi connectivity index (χ1) is 14.4. The van der Waals surface area contributed by atoms with Crippen LogP contribution < -0.4 is 0 Å². The Morgan fingerprint density at radius 3 is 2.52 bits per heavy atom. The predicted molar refractivity (Wildman–Crippen MR) is 127 cm³/mol. The van der Waals surface area contributed by atoms with E-state index >= 15 is 0 Å². The van der Waals surface area contributed by atoms with Gasteiger partial charge in [0.15, 0.2) is 0 Å². The van der Waals surface area contributed by atoms with Crippen molar-refractivity contribution in [3.8, 4) is 0 Å². The molecule has 31 heavy (non-hydrogen) atoms. The number of hydrogen-bond acceptors (Lipinski definition) is 3. The van der Waals surface area contributed by atoms with Crippen LogP contribution in [-0.4, -0.2) is 29.9 Å². The van der Waals surface area contributed by atoms with Crippen LogP contribution in [0.4, 0.5) is 0 Å². The van der Waals surface area contributed by atoms with Crippen molar-refractivity contribution in [3.63, 3.8) is 0 Å². The average Bonchev–Trinajstić information content (AvgIpc) is 2.65. The normalized spacial score (nSPS) is 19.6. The van der Waals surface area contributed by atoms with Gasteiger partial charge in [-0.15, -0.1) is 0 Å². The first kappa shape index (κ1) is 25.5. The van der Waals surface area contributed by atoms with Crippen molar-refractivity contribution in [2.24, 2.45) is 11.3 Å². The van der Waals surface area contributed by atoms with E-state index in [1.165, 1.54) is 5.57 Å². The van der Waals surface area contributed by atoms with Crippen molar-refractivity contribution >= 4 is 23.5 Å². The summed E-state index contributed by atoms with van der Waals surface area (Å²) in [5.41, 5.74) is 3.23. The van der Waals surface area contributed by atoms with E-state index in [9.17, 15) is 9.59 Å². The monoisotopic (exact) mass is 447 g/mol. The Morgan fingerprint density at radius 2 is 1.97 bits per heavy atom. The molecule has 1 aliphatic rings. The predicted octanol–water partition coefficient (Wildman–Crippen LogP) is 6.30. The second-order valence-corrected chi connectivity index (χ2v) is 10.7. The summed E-state index contributed by atoms with van der Waals surface area (Å²) in [6.45, 7) is 15.6. The lowest BCUT2D eigenvalue weighted by Crippen LogP contribution is -2.42. The number of carbonyl (C=O) groups excluding carboxylic acids is 2. The third-order valence-corrected chi connectivity index (χ3v) is 6.43. The van der Waals surface area contributed by atoms with Crippen molar-refractivity contribution in [2.75, 3.05) is 13.2 Å². The highest BCUT2D eigenvalue weighted by Gasteiger charge is 2.40. The molecule has 1 aromatic rings. The molecule has 1 atom stereocenters. The molecule has 172 valence electrons. The van der Waals surface area contributed by atoms with E-state index in [4.69, 9.17) is 16.3 Å². The van der Waals surface area contributed by atoms with Gasteiger partial charge in [0.2, 0.25) is 5.91 Å². The highest BCUT2D eigenvalue weighted by Crippen LogP contribution is 2.43. The van der Waals surface area contributed by atoms with Crippen LogP contribution in [0.15, 0.2) is 30.0 Å². The Kier molecular flexibility index (Phi) is 8.38. The van der Waals surface area contributed by atoms with E-state index in [2.05, 4.69) is 53.7 Å². The summed E-state index contributed by atoms with van der Waals surface area (Å²) < 4.78 is 5.01. The van der Waals surface area contributed by atoms with Gasteiger partial charge in [-0.3, -0.25) is 9.59 Å². The molecule has 2 rings (SSSR count). The second-order valence-electron chi connectivity index (χ2n) is 10.3. The summed E-state index contributed by atoms with van der Waals surface area (Å²) in [5, 5.41) is 0.767. The molecule has 1 amide bonds. The SMILES string of the molecule is CCOC(=O)CCN1C=C(C(C)C)[C@@](C)(c2ccc(CCC(C)(C)C)c(Cl)c2)CC1=O. The average molecular weight is 448 g/mol. The lowest BCUT2D eigenvalue weighted by molar-refractivity contribution is -0.143. The third-order valence-electron chi connectivity index (χ3n) is 6.08. The number of hydrogen-bond donors (Lipinski definition) is 0. The minimum atomic E-state index is -0.419. The summed E-state index contributed by atoms with van der Waals surface area (Å²) in [6, 6.07) is 6.28. The van der Waals surface area contributed by atoms with Gasteiger partial charge in [-0.25, -0.2) is 0 Å². The molecule has 0 radical (unpaired) electrons. The largest absolute Gasteiger partial charge is 0.466 e. The maximum Gasteiger partial charge on any atom is 0.307 e. The van der Waals surface area contributed by atoms with E-state index in [0.717, 1.165) is 29.0 Å². The van der Waals surface area contributed by atoms with Crippen LogP contribution in [-0.2, 0) is 26.2 Å². The van der Waals surface area contributed by atoms with Crippen molar-refractivity contribution in [3.05, 3.63) is 46.1 Å². The van der Waals surface area contributed by atoms with Crippen LogP contribution >= 0.6 is 11.6 Å². The van der Waals surface area contributed by atoms with Gasteiger partial charge in [0.25, 0.3) is 0 Å². The molecule has 1 aromatic carbocycles. The number of ether oxygens (including phenoxy) is 1. The summed E-state index contributed by atoms with van der Waals surface area (Å²) in [6.07, 6.45) is 4.50. The quantitative estimate of drug-likeness (QED) is 0.439. The number of benzene rings is 1. The zero-order valence-electron chi connectivity index (χ0n) is 20.2. The number of carbonyl (C=O) groups is 2. The number of aryl methyl sites for hydroxylation is 1. The van der Waals surface area contributed by atoms with Gasteiger partial charge in [-0.1, -0.05) is 65.3 Å². The minimum Gasteiger partial charge on any atom is -0.466 e. The second kappa shape index (κ2) is 10.2. The van der Waals surface area contributed by atoms with Crippen LogP contribution in [0.25, 0.3) is 0 Å². The summed E-state index contributed by atoms with van der Waals surface area (Å²) in [5.74, 6) is -0.00701. The highest BCUT2D eigenvalue weighted by atomic mass is 35.5. The molecule has 0 aliphatic carbocycles. The maximum absolute atomic E-state index is 13.0. The third kappa shape index (κ3) is 6.58. The van der Waals surface area contributed by atoms with Gasteiger partial charge >= 0.3 is 5.97 Å². The summed E-state index contributed by atoms with van der Waals surface area (Å²) in [4.78, 5) is 26.4. The molecular weight excluding hydrogens is 410 g/mol. The number of nitrogens with zero attached hydrogens (tertiary/aromatic N) is 1. The Labute approximate surface area is 193 Å². The molecule has 4 nitrogen and oxygen atoms in total. The van der Waals surface area contributed by atoms with Crippen molar-refractivity contribution in [2.45, 2.75) is 79.6 Å². The fourth-order valence-electron chi connectivity index (χ4n) is 4.18. The van der Waals surface area contributed by atoms with E-state index in [-0.39, 0.29) is 29.6 Å². The number of allylic oxidation sites excluding steroid dienone is 1. The molecule has 0 saturated heterocycles. The van der Waals surface area contributed by atoms with Crippen LogP contribution in [0.3, 0.4) is 0 Å². The lowest BCUT2D eigenvalue weighted by Gasteiger charge is -2.41. The van der Waals surface area contributed by atoms with E-state index in [0.29, 0.717) is 19.6 Å². The molecule has 0 bridgehead atoms. The molecule has 0 spiro atoms. The van der Waals surface area contributed by atoms with Gasteiger partial charge < -0.3 is 9.64 Å². The summed E-state index contributed by atoms with van der Waals surface area (Å²) >= 11 is 6.68. The van der Waals surface area contributed by atoms with Gasteiger partial charge in [-0.2, -0.15) is 0 Å². The molecular formula is C26H38ClNO3. The molecule has 1 heterocycles.